The number of aliphatic hydroxyl groups excluding tert-OH is 8. The zero-order chi connectivity index (χ0) is 45.4. The van der Waals surface area contributed by atoms with E-state index in [4.69, 9.17) is 37.9 Å². The Labute approximate surface area is 369 Å². The molecule has 5 saturated heterocycles. The van der Waals surface area contributed by atoms with Crippen LogP contribution in [-0.2, 0) is 37.9 Å². The summed E-state index contributed by atoms with van der Waals surface area (Å²) in [5.41, 5.74) is -0.384. The number of hydrogen-bond acceptors (Lipinski definition) is 17. The first kappa shape index (κ1) is 47.1. The lowest BCUT2D eigenvalue weighted by molar-refractivity contribution is -0.339. The average Bonchev–Trinajstić information content (AvgIpc) is 3.93. The van der Waals surface area contributed by atoms with Crippen molar-refractivity contribution in [3.05, 3.63) is 11.6 Å². The number of hydrogen-bond donors (Lipinski definition) is 9. The van der Waals surface area contributed by atoms with E-state index in [1.165, 1.54) is 5.57 Å². The molecule has 4 aliphatic carbocycles. The molecule has 9 aliphatic rings. The minimum absolute atomic E-state index is 0.0448. The predicted octanol–water partition coefficient (Wildman–Crippen LogP) is 0.463. The van der Waals surface area contributed by atoms with E-state index in [0.717, 1.165) is 38.5 Å². The van der Waals surface area contributed by atoms with Gasteiger partial charge in [-0.2, -0.15) is 0 Å². The average molecular weight is 899 g/mol. The molecular formula is C46H74O17. The van der Waals surface area contributed by atoms with Gasteiger partial charge in [0.15, 0.2) is 24.7 Å². The molecule has 0 unspecified atom stereocenters. The SMILES string of the molecule is CC(C)=C[C@@H]1CO[C@]23C[C@]4(CO2)[C@H](CC[C@@H]2[C@@]5(C)CC[C@H](O[C@H]6O[C@H]([C@@H](CO[C@@H]7O[C@@H](CO)[C@H](O)[C@H]7O)O[C@@H]7OC[C@H](O)[C@H](O)[C@H]7O)[C@H](O)[C@H]6O)C(C)(C)[C@@H]5CC[C@]24C)[C@H]3[C@@]1(C)O. The highest BCUT2D eigenvalue weighted by atomic mass is 16.8. The van der Waals surface area contributed by atoms with Gasteiger partial charge in [-0.1, -0.05) is 39.3 Å². The fourth-order valence-electron chi connectivity index (χ4n) is 15.5. The van der Waals surface area contributed by atoms with Crippen LogP contribution < -0.4 is 0 Å². The van der Waals surface area contributed by atoms with Crippen molar-refractivity contribution >= 4 is 0 Å². The summed E-state index contributed by atoms with van der Waals surface area (Å²) in [5.74, 6) is -0.0556. The van der Waals surface area contributed by atoms with Crippen molar-refractivity contribution in [1.29, 1.82) is 0 Å². The van der Waals surface area contributed by atoms with Gasteiger partial charge in [0.1, 0.15) is 61.0 Å². The molecule has 5 heterocycles. The molecule has 9 N–H and O–H groups in total. The van der Waals surface area contributed by atoms with Crippen molar-refractivity contribution < 1.29 is 83.9 Å². The van der Waals surface area contributed by atoms with E-state index in [1.807, 2.05) is 6.92 Å². The van der Waals surface area contributed by atoms with Crippen molar-refractivity contribution in [2.24, 2.45) is 51.2 Å². The van der Waals surface area contributed by atoms with Crippen LogP contribution in [0.15, 0.2) is 11.6 Å². The molecule has 5 aliphatic heterocycles. The highest BCUT2D eigenvalue weighted by Gasteiger charge is 2.81. The highest BCUT2D eigenvalue weighted by Crippen LogP contribution is 2.80. The Morgan fingerprint density at radius 1 is 0.762 bits per heavy atom. The predicted molar refractivity (Wildman–Crippen MR) is 219 cm³/mol. The summed E-state index contributed by atoms with van der Waals surface area (Å²) in [6, 6.07) is 0. The van der Waals surface area contributed by atoms with Crippen LogP contribution in [0.2, 0.25) is 0 Å². The third-order valence-corrected chi connectivity index (χ3v) is 18.6. The summed E-state index contributed by atoms with van der Waals surface area (Å²) in [4.78, 5) is 0. The topological polar surface area (TPSA) is 256 Å². The Hall–Kier alpha value is -0.940. The highest BCUT2D eigenvalue weighted by molar-refractivity contribution is 5.27. The Morgan fingerprint density at radius 3 is 2.17 bits per heavy atom. The van der Waals surface area contributed by atoms with Crippen molar-refractivity contribution in [1.82, 2.24) is 0 Å². The summed E-state index contributed by atoms with van der Waals surface area (Å²) in [7, 11) is 0. The van der Waals surface area contributed by atoms with Gasteiger partial charge in [-0.25, -0.2) is 0 Å². The van der Waals surface area contributed by atoms with Crippen molar-refractivity contribution in [2.75, 3.05) is 33.0 Å². The van der Waals surface area contributed by atoms with Gasteiger partial charge in [0, 0.05) is 23.7 Å². The van der Waals surface area contributed by atoms with Crippen LogP contribution in [0.1, 0.15) is 93.4 Å². The quantitative estimate of drug-likeness (QED) is 0.135. The molecule has 0 aromatic heterocycles. The van der Waals surface area contributed by atoms with Gasteiger partial charge < -0.3 is 83.9 Å². The number of rotatable bonds is 10. The fraction of sp³-hybridized carbons (Fsp3) is 0.957. The molecule has 2 bridgehead atoms. The number of aliphatic hydroxyl groups is 9. The van der Waals surface area contributed by atoms with E-state index in [0.29, 0.717) is 25.6 Å². The maximum atomic E-state index is 12.4. The molecule has 17 heteroatoms. The van der Waals surface area contributed by atoms with Crippen LogP contribution >= 0.6 is 0 Å². The van der Waals surface area contributed by atoms with Crippen LogP contribution in [0, 0.1) is 51.2 Å². The monoisotopic (exact) mass is 898 g/mol. The lowest BCUT2D eigenvalue weighted by atomic mass is 9.35. The maximum absolute atomic E-state index is 12.4. The third-order valence-electron chi connectivity index (χ3n) is 18.6. The molecule has 63 heavy (non-hydrogen) atoms. The molecule has 0 radical (unpaired) electrons. The van der Waals surface area contributed by atoms with Gasteiger partial charge >= 0.3 is 0 Å². The number of ether oxygens (including phenoxy) is 8. The van der Waals surface area contributed by atoms with Gasteiger partial charge in [-0.15, -0.1) is 0 Å². The molecule has 4 saturated carbocycles. The van der Waals surface area contributed by atoms with Crippen LogP contribution in [0.4, 0.5) is 0 Å². The second-order valence-electron chi connectivity index (χ2n) is 22.4. The van der Waals surface area contributed by atoms with E-state index in [-0.39, 0.29) is 58.0 Å². The molecule has 0 aromatic carbocycles. The van der Waals surface area contributed by atoms with Crippen LogP contribution in [0.5, 0.6) is 0 Å². The maximum Gasteiger partial charge on any atom is 0.187 e. The Balaban J connectivity index is 0.913. The van der Waals surface area contributed by atoms with Gasteiger partial charge in [-0.05, 0) is 93.3 Å². The molecule has 24 atom stereocenters. The summed E-state index contributed by atoms with van der Waals surface area (Å²) in [5, 5.41) is 96.9. The first-order valence-electron chi connectivity index (χ1n) is 23.4. The first-order chi connectivity index (χ1) is 29.6. The molecule has 2 spiro atoms. The van der Waals surface area contributed by atoms with Gasteiger partial charge in [0.25, 0.3) is 0 Å². The lowest BCUT2D eigenvalue weighted by Crippen LogP contribution is -2.68. The van der Waals surface area contributed by atoms with E-state index in [1.54, 1.807) is 0 Å². The zero-order valence-corrected chi connectivity index (χ0v) is 37.8. The smallest absolute Gasteiger partial charge is 0.187 e. The number of allylic oxidation sites excluding steroid dienone is 1. The Morgan fingerprint density at radius 2 is 1.48 bits per heavy atom. The molecule has 9 rings (SSSR count). The van der Waals surface area contributed by atoms with Crippen LogP contribution in [0.25, 0.3) is 0 Å². The van der Waals surface area contributed by atoms with Crippen LogP contribution in [-0.4, -0.2) is 176 Å². The number of fused-ring (bicyclic) bond motifs is 4. The molecule has 17 nitrogen and oxygen atoms in total. The third kappa shape index (κ3) is 7.03. The summed E-state index contributed by atoms with van der Waals surface area (Å²) < 4.78 is 49.3. The minimum Gasteiger partial charge on any atom is -0.394 e. The van der Waals surface area contributed by atoms with Gasteiger partial charge in [0.05, 0.1) is 44.7 Å². The van der Waals surface area contributed by atoms with E-state index in [9.17, 15) is 46.0 Å². The van der Waals surface area contributed by atoms with E-state index in [2.05, 4.69) is 47.6 Å². The van der Waals surface area contributed by atoms with Crippen molar-refractivity contribution in [3.8, 4) is 0 Å². The van der Waals surface area contributed by atoms with E-state index < -0.39 is 105 Å². The first-order valence-corrected chi connectivity index (χ1v) is 23.4. The normalized spacial score (nSPS) is 56.3. The fourth-order valence-corrected chi connectivity index (χ4v) is 15.5. The van der Waals surface area contributed by atoms with E-state index >= 15 is 0 Å². The molecule has 360 valence electrons. The van der Waals surface area contributed by atoms with Gasteiger partial charge in [-0.3, -0.25) is 0 Å². The summed E-state index contributed by atoms with van der Waals surface area (Å²) in [6.07, 6.45) is -10.6. The minimum atomic E-state index is -1.70. The summed E-state index contributed by atoms with van der Waals surface area (Å²) >= 11 is 0. The second-order valence-corrected chi connectivity index (χ2v) is 22.4. The molecule has 0 amide bonds. The molecular weight excluding hydrogens is 824 g/mol. The largest absolute Gasteiger partial charge is 0.394 e. The second kappa shape index (κ2) is 16.4. The van der Waals surface area contributed by atoms with Crippen molar-refractivity contribution in [3.63, 3.8) is 0 Å². The van der Waals surface area contributed by atoms with Crippen LogP contribution in [0.3, 0.4) is 0 Å². The standard InChI is InChI=1S/C46H74O17/c1-21(2)14-22-16-58-46-19-45(20-59-46)23(37(46)44(22,7)55)8-9-28-42(5)12-11-29(41(3,4)27(42)10-13-43(28,45)6)62-40-35(54)32(51)36(63-40)26(61-38-33(52)30(49)24(48)17-56-38)18-57-39-34(53)31(50)25(15-47)60-39/h14,22-40,47-55H,8-13,15-20H2,1-7H3/t22-,23-,24+,25+,26-,27+,28-,29+,30+,31+,32-,33-,34-,35-,36-,37+,38+,39-,40+,42+,43-,44+,45+,46-/m1/s1. The lowest BCUT2D eigenvalue weighted by Gasteiger charge is -2.70. The summed E-state index contributed by atoms with van der Waals surface area (Å²) in [6.45, 7) is 15.2. The Kier molecular flexibility index (Phi) is 12.2. The van der Waals surface area contributed by atoms with Gasteiger partial charge in [0.2, 0.25) is 0 Å². The van der Waals surface area contributed by atoms with Crippen molar-refractivity contribution in [2.45, 2.75) is 191 Å². The Bertz CT molecular complexity index is 1710. The zero-order valence-electron chi connectivity index (χ0n) is 37.8. The molecule has 0 aromatic rings. The molecule has 9 fully saturated rings.